The maximum Gasteiger partial charge on any atom is 0.0939 e. The lowest BCUT2D eigenvalue weighted by atomic mass is 10.1. The number of hydrogen-bond donors (Lipinski definition) is 1. The van der Waals surface area contributed by atoms with Gasteiger partial charge in [-0.1, -0.05) is 0 Å². The molecule has 1 heterocycles. The van der Waals surface area contributed by atoms with Crippen molar-refractivity contribution in [2.24, 2.45) is 5.11 Å². The fraction of sp³-hybridized carbons (Fsp3) is 1.00. The summed E-state index contributed by atoms with van der Waals surface area (Å²) in [4.78, 5) is 0. The molecule has 1 atom stereocenters. The van der Waals surface area contributed by atoms with Crippen molar-refractivity contribution in [2.45, 2.75) is 18.9 Å². The number of rotatable bonds is 1. The number of ether oxygens (including phenoxy) is 1. The Morgan fingerprint density at radius 3 is 2.88 bits per heavy atom. The first-order valence-electron chi connectivity index (χ1n) is 2.88. The standard InChI is InChI=1S/C5H10N2O/c6-7-5-2-1-3-8-4-5/h5-6H,1-4H2. The molecule has 0 spiro atoms. The van der Waals surface area contributed by atoms with Crippen LogP contribution in [0.2, 0.25) is 0 Å². The summed E-state index contributed by atoms with van der Waals surface area (Å²) in [5.74, 6) is 0. The molecule has 0 aromatic heterocycles. The van der Waals surface area contributed by atoms with Gasteiger partial charge in [-0.25, -0.2) is 5.53 Å². The Labute approximate surface area is 48.5 Å². The van der Waals surface area contributed by atoms with Crippen LogP contribution in [-0.4, -0.2) is 19.3 Å². The molecule has 1 aliphatic rings. The fourth-order valence-corrected chi connectivity index (χ4v) is 0.826. The van der Waals surface area contributed by atoms with Crippen molar-refractivity contribution in [3.8, 4) is 0 Å². The van der Waals surface area contributed by atoms with E-state index < -0.39 is 0 Å². The molecule has 0 aliphatic carbocycles. The Hall–Kier alpha value is -0.440. The molecular formula is C5H10N2O. The molecule has 1 N–H and O–H groups in total. The van der Waals surface area contributed by atoms with Crippen LogP contribution in [0.5, 0.6) is 0 Å². The molecule has 0 aromatic carbocycles. The first-order chi connectivity index (χ1) is 3.93. The van der Waals surface area contributed by atoms with Crippen molar-refractivity contribution in [1.82, 2.24) is 0 Å². The first-order valence-corrected chi connectivity index (χ1v) is 2.88. The maximum absolute atomic E-state index is 6.64. The molecule has 0 aromatic rings. The lowest BCUT2D eigenvalue weighted by Crippen LogP contribution is -2.19. The number of nitrogens with one attached hydrogen (secondary N) is 1. The monoisotopic (exact) mass is 114 g/mol. The van der Waals surface area contributed by atoms with E-state index in [-0.39, 0.29) is 6.04 Å². The van der Waals surface area contributed by atoms with E-state index >= 15 is 0 Å². The van der Waals surface area contributed by atoms with E-state index in [9.17, 15) is 0 Å². The predicted octanol–water partition coefficient (Wildman–Crippen LogP) is 1.20. The summed E-state index contributed by atoms with van der Waals surface area (Å²) in [6.07, 6.45) is 2.09. The van der Waals surface area contributed by atoms with Gasteiger partial charge in [-0.05, 0) is 12.8 Å². The van der Waals surface area contributed by atoms with Crippen molar-refractivity contribution < 1.29 is 4.74 Å². The Kier molecular flexibility index (Phi) is 1.97. The topological polar surface area (TPSA) is 45.4 Å². The smallest absolute Gasteiger partial charge is 0.0939 e. The molecule has 3 nitrogen and oxygen atoms in total. The van der Waals surface area contributed by atoms with Crippen LogP contribution in [0.25, 0.3) is 0 Å². The lowest BCUT2D eigenvalue weighted by molar-refractivity contribution is 0.0801. The van der Waals surface area contributed by atoms with Crippen LogP contribution in [0.3, 0.4) is 0 Å². The summed E-state index contributed by atoms with van der Waals surface area (Å²) in [5, 5.41) is 3.37. The van der Waals surface area contributed by atoms with Gasteiger partial charge in [-0.3, -0.25) is 0 Å². The zero-order chi connectivity index (χ0) is 5.82. The van der Waals surface area contributed by atoms with Gasteiger partial charge in [0.25, 0.3) is 0 Å². The molecule has 0 radical (unpaired) electrons. The van der Waals surface area contributed by atoms with Crippen LogP contribution in [0, 0.1) is 5.53 Å². The number of hydrogen-bond acceptors (Lipinski definition) is 3. The Morgan fingerprint density at radius 1 is 1.62 bits per heavy atom. The van der Waals surface area contributed by atoms with Gasteiger partial charge >= 0.3 is 0 Å². The average molecular weight is 114 g/mol. The molecule has 1 aliphatic heterocycles. The lowest BCUT2D eigenvalue weighted by Gasteiger charge is -2.15. The van der Waals surface area contributed by atoms with Crippen LogP contribution < -0.4 is 0 Å². The highest BCUT2D eigenvalue weighted by Gasteiger charge is 2.10. The highest BCUT2D eigenvalue weighted by Crippen LogP contribution is 2.08. The van der Waals surface area contributed by atoms with Crippen LogP contribution in [0.1, 0.15) is 12.8 Å². The van der Waals surface area contributed by atoms with E-state index in [1.807, 2.05) is 0 Å². The molecule has 1 unspecified atom stereocenters. The summed E-state index contributed by atoms with van der Waals surface area (Å²) in [6, 6.07) is 0.156. The second-order valence-electron chi connectivity index (χ2n) is 2.00. The first kappa shape index (κ1) is 5.69. The molecule has 1 fully saturated rings. The largest absolute Gasteiger partial charge is 0.379 e. The number of nitrogens with zero attached hydrogens (tertiary/aromatic N) is 1. The summed E-state index contributed by atoms with van der Waals surface area (Å²) in [6.45, 7) is 1.51. The minimum absolute atomic E-state index is 0.156. The Morgan fingerprint density at radius 2 is 2.50 bits per heavy atom. The fourth-order valence-electron chi connectivity index (χ4n) is 0.826. The minimum Gasteiger partial charge on any atom is -0.379 e. The van der Waals surface area contributed by atoms with E-state index in [4.69, 9.17) is 10.3 Å². The molecule has 1 saturated heterocycles. The van der Waals surface area contributed by atoms with Crippen molar-refractivity contribution in [1.29, 1.82) is 5.53 Å². The summed E-state index contributed by atoms with van der Waals surface area (Å²) < 4.78 is 5.06. The van der Waals surface area contributed by atoms with Gasteiger partial charge in [0.1, 0.15) is 0 Å². The van der Waals surface area contributed by atoms with E-state index in [0.29, 0.717) is 6.61 Å². The van der Waals surface area contributed by atoms with Crippen LogP contribution >= 0.6 is 0 Å². The second kappa shape index (κ2) is 2.77. The third-order valence-electron chi connectivity index (χ3n) is 1.32. The van der Waals surface area contributed by atoms with E-state index in [0.717, 1.165) is 19.4 Å². The van der Waals surface area contributed by atoms with Gasteiger partial charge in [0.05, 0.1) is 12.6 Å². The van der Waals surface area contributed by atoms with Gasteiger partial charge in [0, 0.05) is 6.61 Å². The summed E-state index contributed by atoms with van der Waals surface area (Å²) >= 11 is 0. The van der Waals surface area contributed by atoms with Crippen LogP contribution in [-0.2, 0) is 4.74 Å². The SMILES string of the molecule is N=NC1CCCOC1. The second-order valence-corrected chi connectivity index (χ2v) is 2.00. The molecule has 0 saturated carbocycles. The van der Waals surface area contributed by atoms with Crippen molar-refractivity contribution >= 4 is 0 Å². The normalized spacial score (nSPS) is 29.8. The molecule has 8 heavy (non-hydrogen) atoms. The highest BCUT2D eigenvalue weighted by atomic mass is 16.5. The Bertz CT molecular complexity index is 78.5. The van der Waals surface area contributed by atoms with Gasteiger partial charge in [-0.15, -0.1) is 0 Å². The van der Waals surface area contributed by atoms with Crippen LogP contribution in [0.15, 0.2) is 5.11 Å². The van der Waals surface area contributed by atoms with E-state index in [1.54, 1.807) is 0 Å². The highest BCUT2D eigenvalue weighted by molar-refractivity contribution is 4.65. The van der Waals surface area contributed by atoms with Crippen molar-refractivity contribution in [3.05, 3.63) is 0 Å². The summed E-state index contributed by atoms with van der Waals surface area (Å²) in [5.41, 5.74) is 6.64. The van der Waals surface area contributed by atoms with Gasteiger partial charge in [-0.2, -0.15) is 5.11 Å². The third-order valence-corrected chi connectivity index (χ3v) is 1.32. The maximum atomic E-state index is 6.64. The zero-order valence-corrected chi connectivity index (χ0v) is 4.76. The molecule has 0 amide bonds. The quantitative estimate of drug-likeness (QED) is 0.511. The van der Waals surface area contributed by atoms with Gasteiger partial charge in [0.15, 0.2) is 0 Å². The predicted molar refractivity (Wildman–Crippen MR) is 29.0 cm³/mol. The summed E-state index contributed by atoms with van der Waals surface area (Å²) in [7, 11) is 0. The minimum atomic E-state index is 0.156. The van der Waals surface area contributed by atoms with E-state index in [2.05, 4.69) is 5.11 Å². The van der Waals surface area contributed by atoms with Crippen LogP contribution in [0.4, 0.5) is 0 Å². The molecule has 46 valence electrons. The molecule has 1 rings (SSSR count). The Balaban J connectivity index is 2.22. The van der Waals surface area contributed by atoms with Gasteiger partial charge < -0.3 is 4.74 Å². The van der Waals surface area contributed by atoms with Crippen molar-refractivity contribution in [3.63, 3.8) is 0 Å². The van der Waals surface area contributed by atoms with Crippen molar-refractivity contribution in [2.75, 3.05) is 13.2 Å². The van der Waals surface area contributed by atoms with E-state index in [1.165, 1.54) is 0 Å². The zero-order valence-electron chi connectivity index (χ0n) is 4.76. The van der Waals surface area contributed by atoms with Gasteiger partial charge in [0.2, 0.25) is 0 Å². The molecule has 3 heteroatoms. The molecule has 0 bridgehead atoms. The molecular weight excluding hydrogens is 104 g/mol. The average Bonchev–Trinajstić information content (AvgIpc) is 1.90. The third kappa shape index (κ3) is 1.26.